The molecule has 4 atom stereocenters. The Bertz CT molecular complexity index is 1450. The molecule has 7 fully saturated rings. The number of rotatable bonds is 22. The van der Waals surface area contributed by atoms with Gasteiger partial charge in [-0.15, -0.1) is 0 Å². The Morgan fingerprint density at radius 1 is 0.349 bits per heavy atom. The van der Waals surface area contributed by atoms with E-state index in [-0.39, 0.29) is 37.3 Å². The fourth-order valence-corrected chi connectivity index (χ4v) is 12.1. The Labute approximate surface area is 508 Å². The lowest BCUT2D eigenvalue weighted by Gasteiger charge is -2.48. The summed E-state index contributed by atoms with van der Waals surface area (Å²) < 4.78 is 0. The molecule has 0 aromatic rings. The number of piperidine rings is 2. The Morgan fingerprint density at radius 3 is 0.940 bits per heavy atom. The topological polar surface area (TPSA) is 254 Å². The van der Waals surface area contributed by atoms with Crippen molar-refractivity contribution in [2.45, 2.75) is 147 Å². The molecule has 0 saturated carbocycles. The van der Waals surface area contributed by atoms with Crippen molar-refractivity contribution >= 4 is 0 Å². The Hall–Kier alpha value is -0.760. The zero-order chi connectivity index (χ0) is 62.9. The quantitative estimate of drug-likeness (QED) is 0.0743. The van der Waals surface area contributed by atoms with Gasteiger partial charge in [-0.1, -0.05) is 96.9 Å². The molecular weight excluding hydrogens is 1050 g/mol. The van der Waals surface area contributed by atoms with E-state index in [2.05, 4.69) is 136 Å². The van der Waals surface area contributed by atoms with Crippen LogP contribution in [0.3, 0.4) is 0 Å². The smallest absolute Gasteiger partial charge is 0.0938 e. The van der Waals surface area contributed by atoms with Crippen LogP contribution in [0.4, 0.5) is 0 Å². The maximum Gasteiger partial charge on any atom is 0.0938 e. The van der Waals surface area contributed by atoms with Gasteiger partial charge in [0.15, 0.2) is 0 Å². The molecule has 7 aliphatic rings. The molecule has 7 aliphatic heterocycles. The molecule has 0 aromatic heterocycles. The number of aliphatic hydroxyl groups is 10. The lowest BCUT2D eigenvalue weighted by Crippen LogP contribution is -2.60. The standard InChI is InChI=1S/C11H23NO2.C10H22N2O.C10H21NO.C9H19NO2.C8H18N2.2C8H17NO2/c1-10(2)7-12-5-3-11(8-13,9-14)4-6-12;1-10(2)9-12-5-3-11(4-6-12)7-8-13;1-9(2)7-11-5-3-10(8-12)4-6-11;1-8(2)3-10-4-9(5-10,6-11)7-12;1-7(2)4-10-5-8(3-9)6-10;2*1-6(2)3-9-4-7(10)8(11)5-9/h10,13-14H,3-9H2,1-2H3;10,13H,3-9H2,1-2H3;9-10,12H,3-8H2,1-2H3;8,11-12H,3-7H2,1-2H3;7-8H,3-6,9H2,1-2H3;2*6-8,10-11H,3-5H2,1-2H3/t;;;;;7-,8+;7-,8-/m......0/s1. The molecule has 0 spiro atoms. The van der Waals surface area contributed by atoms with E-state index >= 15 is 0 Å². The lowest BCUT2D eigenvalue weighted by atomic mass is 9.80. The highest BCUT2D eigenvalue weighted by Gasteiger charge is 2.42. The summed E-state index contributed by atoms with van der Waals surface area (Å²) in [5, 5.41) is 90.9. The summed E-state index contributed by atoms with van der Waals surface area (Å²) in [6, 6.07) is 0. The Kier molecular flexibility index (Phi) is 42.4. The molecule has 83 heavy (non-hydrogen) atoms. The monoisotopic (exact) mass is 1190 g/mol. The summed E-state index contributed by atoms with van der Waals surface area (Å²) in [6.07, 6.45) is 2.08. The normalized spacial score (nSPS) is 25.2. The van der Waals surface area contributed by atoms with Crippen molar-refractivity contribution < 1.29 is 51.1 Å². The van der Waals surface area contributed by atoms with Gasteiger partial charge in [0.25, 0.3) is 0 Å². The van der Waals surface area contributed by atoms with Crippen molar-refractivity contribution in [1.82, 2.24) is 39.2 Å². The molecule has 7 saturated heterocycles. The molecular formula is C64H137N9O10. The van der Waals surface area contributed by atoms with Crippen LogP contribution in [0.15, 0.2) is 0 Å². The van der Waals surface area contributed by atoms with E-state index in [1.165, 1.54) is 58.7 Å². The number of nitrogens with zero attached hydrogens (tertiary/aromatic N) is 8. The summed E-state index contributed by atoms with van der Waals surface area (Å²) in [5.41, 5.74) is 5.10. The lowest BCUT2D eigenvalue weighted by molar-refractivity contribution is -0.0784. The molecule has 7 heterocycles. The second-order valence-corrected chi connectivity index (χ2v) is 29.2. The average molecular weight is 1190 g/mol. The number of piperazine rings is 1. The third-order valence-corrected chi connectivity index (χ3v) is 16.6. The molecule has 19 heteroatoms. The zero-order valence-corrected chi connectivity index (χ0v) is 55.9. The van der Waals surface area contributed by atoms with Crippen molar-refractivity contribution in [3.8, 4) is 0 Å². The van der Waals surface area contributed by atoms with Crippen LogP contribution in [0.25, 0.3) is 0 Å². The first-order valence-corrected chi connectivity index (χ1v) is 32.9. The predicted molar refractivity (Wildman–Crippen MR) is 341 cm³/mol. The highest BCUT2D eigenvalue weighted by Crippen LogP contribution is 2.31. The van der Waals surface area contributed by atoms with Gasteiger partial charge in [0, 0.05) is 148 Å². The van der Waals surface area contributed by atoms with Crippen LogP contribution in [-0.4, -0.2) is 318 Å². The van der Waals surface area contributed by atoms with Crippen LogP contribution >= 0.6 is 0 Å². The molecule has 0 unspecified atom stereocenters. The van der Waals surface area contributed by atoms with Gasteiger partial charge in [0.05, 0.1) is 57.5 Å². The maximum atomic E-state index is 9.23. The predicted octanol–water partition coefficient (Wildman–Crippen LogP) is 2.13. The van der Waals surface area contributed by atoms with Gasteiger partial charge >= 0.3 is 0 Å². The number of nitrogens with two attached hydrogens (primary N) is 1. The number of hydrogen-bond acceptors (Lipinski definition) is 19. The van der Waals surface area contributed by atoms with E-state index in [1.807, 2.05) is 0 Å². The minimum Gasteiger partial charge on any atom is -0.396 e. The molecule has 0 radical (unpaired) electrons. The van der Waals surface area contributed by atoms with E-state index in [1.54, 1.807) is 0 Å². The molecule has 12 N–H and O–H groups in total. The van der Waals surface area contributed by atoms with E-state index in [4.69, 9.17) is 26.2 Å². The van der Waals surface area contributed by atoms with Crippen molar-refractivity contribution in [1.29, 1.82) is 0 Å². The maximum absolute atomic E-state index is 9.23. The minimum absolute atomic E-state index is 0.109. The molecule has 0 aromatic carbocycles. The molecule has 0 aliphatic carbocycles. The van der Waals surface area contributed by atoms with Gasteiger partial charge in [-0.3, -0.25) is 14.7 Å². The molecule has 19 nitrogen and oxygen atoms in total. The van der Waals surface area contributed by atoms with Gasteiger partial charge in [-0.05, 0) is 112 Å². The largest absolute Gasteiger partial charge is 0.396 e. The molecule has 498 valence electrons. The summed E-state index contributed by atoms with van der Waals surface area (Å²) in [5.74, 6) is 6.29. The zero-order valence-electron chi connectivity index (χ0n) is 55.9. The van der Waals surface area contributed by atoms with Gasteiger partial charge in [-0.2, -0.15) is 0 Å². The Balaban J connectivity index is 0.000000485. The number of aliphatic hydroxyl groups excluding tert-OH is 10. The summed E-state index contributed by atoms with van der Waals surface area (Å²) in [4.78, 5) is 18.7. The van der Waals surface area contributed by atoms with Crippen molar-refractivity contribution in [3.63, 3.8) is 0 Å². The van der Waals surface area contributed by atoms with Gasteiger partial charge in [0.1, 0.15) is 0 Å². The average Bonchev–Trinajstić information content (AvgIpc) is 3.89. The van der Waals surface area contributed by atoms with Crippen LogP contribution in [0, 0.1) is 64.1 Å². The van der Waals surface area contributed by atoms with Crippen LogP contribution in [0.1, 0.15) is 123 Å². The first-order chi connectivity index (χ1) is 39.1. The highest BCUT2D eigenvalue weighted by atomic mass is 16.3. The fourth-order valence-electron chi connectivity index (χ4n) is 12.1. The van der Waals surface area contributed by atoms with Crippen molar-refractivity contribution in [3.05, 3.63) is 0 Å². The third-order valence-electron chi connectivity index (χ3n) is 16.6. The van der Waals surface area contributed by atoms with E-state index in [0.29, 0.717) is 69.0 Å². The van der Waals surface area contributed by atoms with E-state index in [9.17, 15) is 30.6 Å². The third kappa shape index (κ3) is 35.3. The van der Waals surface area contributed by atoms with E-state index in [0.717, 1.165) is 128 Å². The second kappa shape index (κ2) is 43.8. The van der Waals surface area contributed by atoms with Gasteiger partial charge < -0.3 is 81.3 Å². The highest BCUT2D eigenvalue weighted by molar-refractivity contribution is 4.94. The SMILES string of the molecule is CC(C)CN1CC(CN)C1.CC(C)CN1CC(CO)(CO)C1.CC(C)CN1CCC(CO)(CO)CC1.CC(C)CN1CCC(CO)CC1.CC(C)CN1CCN(CCO)CC1.CC(C)CN1C[C@@H](O)[C@@H](O)C1.CC(C)CN1C[C@H](O)[C@@H](O)C1. The van der Waals surface area contributed by atoms with Crippen LogP contribution in [0.2, 0.25) is 0 Å². The number of β-amino-alcohol motifs (C(OH)–C–C–N with tert-alkyl or cyclic N) is 5. The first kappa shape index (κ1) is 80.3. The summed E-state index contributed by atoms with van der Waals surface area (Å²) in [6.45, 7) is 57.2. The van der Waals surface area contributed by atoms with Crippen molar-refractivity contribution in [2.24, 2.45) is 69.8 Å². The first-order valence-electron chi connectivity index (χ1n) is 32.9. The Morgan fingerprint density at radius 2 is 0.639 bits per heavy atom. The molecule has 0 amide bonds. The fraction of sp³-hybridized carbons (Fsp3) is 1.00. The van der Waals surface area contributed by atoms with Crippen LogP contribution in [0.5, 0.6) is 0 Å². The number of likely N-dealkylation sites (tertiary alicyclic amines) is 6. The van der Waals surface area contributed by atoms with Gasteiger partial charge in [-0.25, -0.2) is 0 Å². The van der Waals surface area contributed by atoms with E-state index < -0.39 is 24.4 Å². The van der Waals surface area contributed by atoms with Gasteiger partial charge in [0.2, 0.25) is 0 Å². The van der Waals surface area contributed by atoms with Crippen LogP contribution in [-0.2, 0) is 0 Å². The van der Waals surface area contributed by atoms with Crippen LogP contribution < -0.4 is 5.73 Å². The molecule has 7 rings (SSSR count). The van der Waals surface area contributed by atoms with Crippen molar-refractivity contribution in [2.75, 3.05) is 203 Å². The number of hydrogen-bond donors (Lipinski definition) is 11. The second-order valence-electron chi connectivity index (χ2n) is 29.2. The summed E-state index contributed by atoms with van der Waals surface area (Å²) >= 11 is 0. The molecule has 0 bridgehead atoms. The minimum atomic E-state index is -0.534. The summed E-state index contributed by atoms with van der Waals surface area (Å²) in [7, 11) is 0.